The number of nitrogens with zero attached hydrogens (tertiary/aromatic N) is 3. The van der Waals surface area contributed by atoms with Crippen LogP contribution in [-0.4, -0.2) is 37.0 Å². The van der Waals surface area contributed by atoms with Crippen molar-refractivity contribution in [2.24, 2.45) is 0 Å². The molecule has 0 spiro atoms. The highest BCUT2D eigenvalue weighted by Crippen LogP contribution is 2.22. The molecule has 3 aromatic rings. The van der Waals surface area contributed by atoms with Gasteiger partial charge in [0.25, 0.3) is 5.56 Å². The van der Waals surface area contributed by atoms with Crippen LogP contribution in [0, 0.1) is 6.92 Å². The van der Waals surface area contributed by atoms with Crippen LogP contribution in [-0.2, 0) is 11.3 Å². The van der Waals surface area contributed by atoms with Gasteiger partial charge in [-0.15, -0.1) is 0 Å². The number of aromatic nitrogens is 2. The molecular formula is C22H23ClN4O3. The summed E-state index contributed by atoms with van der Waals surface area (Å²) in [6, 6.07) is 12.7. The standard InChI is InChI=1S/C22H23ClN4O3/c1-14-11-16(26(2)3)10-9-15(14)12-24-18-13-25-27(21(28)20(18)23)19-8-6-5-7-17(19)22(29)30-4/h5-11,13,24H,12H2,1-4H3. The first-order valence-electron chi connectivity index (χ1n) is 9.29. The van der Waals surface area contributed by atoms with Crippen molar-refractivity contribution < 1.29 is 9.53 Å². The minimum atomic E-state index is -0.561. The average molecular weight is 427 g/mol. The molecular weight excluding hydrogens is 404 g/mol. The summed E-state index contributed by atoms with van der Waals surface area (Å²) in [5, 5.41) is 7.37. The van der Waals surface area contributed by atoms with Gasteiger partial charge in [0.05, 0.1) is 30.2 Å². The number of hydrogen-bond donors (Lipinski definition) is 1. The number of carbonyl (C=O) groups is 1. The lowest BCUT2D eigenvalue weighted by Crippen LogP contribution is -2.24. The number of rotatable bonds is 6. The van der Waals surface area contributed by atoms with E-state index >= 15 is 0 Å². The highest BCUT2D eigenvalue weighted by atomic mass is 35.5. The van der Waals surface area contributed by atoms with Gasteiger partial charge in [-0.3, -0.25) is 4.79 Å². The van der Waals surface area contributed by atoms with Crippen LogP contribution < -0.4 is 15.8 Å². The fourth-order valence-electron chi connectivity index (χ4n) is 3.02. The molecule has 0 bridgehead atoms. The molecule has 8 heteroatoms. The monoisotopic (exact) mass is 426 g/mol. The molecule has 1 heterocycles. The lowest BCUT2D eigenvalue weighted by atomic mass is 10.1. The number of aryl methyl sites for hydroxylation is 1. The summed E-state index contributed by atoms with van der Waals surface area (Å²) < 4.78 is 5.88. The van der Waals surface area contributed by atoms with Crippen LogP contribution >= 0.6 is 11.6 Å². The Kier molecular flexibility index (Phi) is 6.42. The molecule has 0 amide bonds. The van der Waals surface area contributed by atoms with E-state index in [-0.39, 0.29) is 10.6 Å². The molecule has 0 saturated heterocycles. The number of anilines is 2. The fraction of sp³-hybridized carbons (Fsp3) is 0.227. The molecule has 2 aromatic carbocycles. The first-order chi connectivity index (χ1) is 14.3. The highest BCUT2D eigenvalue weighted by molar-refractivity contribution is 6.32. The van der Waals surface area contributed by atoms with Crippen molar-refractivity contribution in [2.75, 3.05) is 31.4 Å². The normalized spacial score (nSPS) is 10.6. The van der Waals surface area contributed by atoms with Gasteiger partial charge >= 0.3 is 5.97 Å². The molecule has 0 aliphatic carbocycles. The van der Waals surface area contributed by atoms with Gasteiger partial charge in [0.1, 0.15) is 5.02 Å². The Labute approximate surface area is 179 Å². The molecule has 0 atom stereocenters. The van der Waals surface area contributed by atoms with Crippen LogP contribution in [0.3, 0.4) is 0 Å². The summed E-state index contributed by atoms with van der Waals surface area (Å²) >= 11 is 6.33. The highest BCUT2D eigenvalue weighted by Gasteiger charge is 2.17. The predicted molar refractivity (Wildman–Crippen MR) is 119 cm³/mol. The van der Waals surface area contributed by atoms with Crippen molar-refractivity contribution in [3.05, 3.63) is 80.7 Å². The number of para-hydroxylation sites is 1. The van der Waals surface area contributed by atoms with Crippen LogP contribution in [0.1, 0.15) is 21.5 Å². The number of methoxy groups -OCH3 is 1. The number of benzene rings is 2. The molecule has 0 fully saturated rings. The summed E-state index contributed by atoms with van der Waals surface area (Å²) in [7, 11) is 5.26. The Morgan fingerprint density at radius 2 is 1.97 bits per heavy atom. The summed E-state index contributed by atoms with van der Waals surface area (Å²) in [5.41, 5.74) is 3.74. The van der Waals surface area contributed by atoms with Crippen molar-refractivity contribution in [2.45, 2.75) is 13.5 Å². The van der Waals surface area contributed by atoms with Crippen LogP contribution in [0.5, 0.6) is 0 Å². The quantitative estimate of drug-likeness (QED) is 0.606. The Hall–Kier alpha value is -3.32. The van der Waals surface area contributed by atoms with Gasteiger partial charge in [-0.25, -0.2) is 4.79 Å². The molecule has 1 aromatic heterocycles. The van der Waals surface area contributed by atoms with Crippen molar-refractivity contribution in [1.82, 2.24) is 9.78 Å². The third-order valence-corrected chi connectivity index (χ3v) is 5.13. The first kappa shape index (κ1) is 21.4. The zero-order valence-corrected chi connectivity index (χ0v) is 18.0. The van der Waals surface area contributed by atoms with E-state index in [0.29, 0.717) is 17.9 Å². The maximum atomic E-state index is 12.8. The maximum absolute atomic E-state index is 12.8. The van der Waals surface area contributed by atoms with Crippen LogP contribution in [0.15, 0.2) is 53.5 Å². The second kappa shape index (κ2) is 9.00. The molecule has 156 valence electrons. The number of esters is 1. The van der Waals surface area contributed by atoms with Gasteiger partial charge in [0.15, 0.2) is 0 Å². The Balaban J connectivity index is 1.88. The third-order valence-electron chi connectivity index (χ3n) is 4.77. The lowest BCUT2D eigenvalue weighted by Gasteiger charge is -2.16. The number of carbonyl (C=O) groups excluding carboxylic acids is 1. The lowest BCUT2D eigenvalue weighted by molar-refractivity contribution is 0.0600. The minimum absolute atomic E-state index is 0.00719. The first-order valence-corrected chi connectivity index (χ1v) is 9.67. The molecule has 0 aliphatic heterocycles. The second-order valence-electron chi connectivity index (χ2n) is 6.96. The van der Waals surface area contributed by atoms with E-state index in [9.17, 15) is 9.59 Å². The van der Waals surface area contributed by atoms with Gasteiger partial charge in [-0.1, -0.05) is 29.8 Å². The van der Waals surface area contributed by atoms with Crippen molar-refractivity contribution in [3.8, 4) is 5.69 Å². The fourth-order valence-corrected chi connectivity index (χ4v) is 3.21. The van der Waals surface area contributed by atoms with E-state index in [2.05, 4.69) is 16.5 Å². The van der Waals surface area contributed by atoms with Crippen molar-refractivity contribution in [3.63, 3.8) is 0 Å². The van der Waals surface area contributed by atoms with E-state index in [0.717, 1.165) is 21.5 Å². The van der Waals surface area contributed by atoms with Gasteiger partial charge in [0, 0.05) is 26.3 Å². The number of hydrogen-bond acceptors (Lipinski definition) is 6. The number of ether oxygens (including phenoxy) is 1. The minimum Gasteiger partial charge on any atom is -0.465 e. The third kappa shape index (κ3) is 4.31. The SMILES string of the molecule is COC(=O)c1ccccc1-n1ncc(NCc2ccc(N(C)C)cc2C)c(Cl)c1=O. The largest absolute Gasteiger partial charge is 0.465 e. The molecule has 0 aliphatic rings. The van der Waals surface area contributed by atoms with E-state index in [1.54, 1.807) is 24.3 Å². The summed E-state index contributed by atoms with van der Waals surface area (Å²) in [6.07, 6.45) is 1.47. The zero-order valence-electron chi connectivity index (χ0n) is 17.3. The molecule has 30 heavy (non-hydrogen) atoms. The molecule has 0 unspecified atom stereocenters. The molecule has 7 nitrogen and oxygen atoms in total. The van der Waals surface area contributed by atoms with E-state index in [1.165, 1.54) is 13.3 Å². The Bertz CT molecular complexity index is 1140. The van der Waals surface area contributed by atoms with Crippen molar-refractivity contribution >= 4 is 28.9 Å². The van der Waals surface area contributed by atoms with Gasteiger partial charge in [0.2, 0.25) is 0 Å². The molecule has 1 N–H and O–H groups in total. The van der Waals surface area contributed by atoms with Crippen molar-refractivity contribution in [1.29, 1.82) is 0 Å². The van der Waals surface area contributed by atoms with Crippen LogP contribution in [0.2, 0.25) is 5.02 Å². The van der Waals surface area contributed by atoms with E-state index in [1.807, 2.05) is 38.1 Å². The Morgan fingerprint density at radius 3 is 2.63 bits per heavy atom. The number of nitrogens with one attached hydrogen (secondary N) is 1. The van der Waals surface area contributed by atoms with Gasteiger partial charge in [-0.2, -0.15) is 9.78 Å². The maximum Gasteiger partial charge on any atom is 0.340 e. The van der Waals surface area contributed by atoms with E-state index in [4.69, 9.17) is 16.3 Å². The topological polar surface area (TPSA) is 76.5 Å². The summed E-state index contributed by atoms with van der Waals surface area (Å²) in [4.78, 5) is 26.9. The average Bonchev–Trinajstić information content (AvgIpc) is 2.75. The van der Waals surface area contributed by atoms with Crippen LogP contribution in [0.25, 0.3) is 5.69 Å². The molecule has 3 rings (SSSR count). The molecule has 0 saturated carbocycles. The van der Waals surface area contributed by atoms with Gasteiger partial charge < -0.3 is 15.0 Å². The smallest absolute Gasteiger partial charge is 0.340 e. The number of halogens is 1. The second-order valence-corrected chi connectivity index (χ2v) is 7.33. The molecule has 0 radical (unpaired) electrons. The van der Waals surface area contributed by atoms with Gasteiger partial charge in [-0.05, 0) is 42.3 Å². The predicted octanol–water partition coefficient (Wildman–Crippen LogP) is 3.66. The summed E-state index contributed by atoms with van der Waals surface area (Å²) in [5.74, 6) is -0.561. The summed E-state index contributed by atoms with van der Waals surface area (Å²) in [6.45, 7) is 2.52. The van der Waals surface area contributed by atoms with Crippen LogP contribution in [0.4, 0.5) is 11.4 Å². The zero-order chi connectivity index (χ0) is 21.8. The Morgan fingerprint density at radius 1 is 1.23 bits per heavy atom. The van der Waals surface area contributed by atoms with E-state index < -0.39 is 11.5 Å².